The minimum atomic E-state index is -3.26. The average Bonchev–Trinajstić information content (AvgIpc) is 3.28. The van der Waals surface area contributed by atoms with Crippen molar-refractivity contribution in [3.05, 3.63) is 103 Å². The van der Waals surface area contributed by atoms with E-state index in [1.165, 1.54) is 6.08 Å². The van der Waals surface area contributed by atoms with Gasteiger partial charge in [-0.2, -0.15) is 5.10 Å². The van der Waals surface area contributed by atoms with Crippen molar-refractivity contribution < 1.29 is 13.2 Å². The van der Waals surface area contributed by atoms with E-state index in [1.54, 1.807) is 47.4 Å². The third kappa shape index (κ3) is 5.47. The molecule has 2 heterocycles. The lowest BCUT2D eigenvalue weighted by Gasteiger charge is -2.13. The summed E-state index contributed by atoms with van der Waals surface area (Å²) in [6.07, 6.45) is 9.66. The maximum atomic E-state index is 12.6. The molecular weight excluding hydrogens is 448 g/mol. The second-order valence-electron chi connectivity index (χ2n) is 7.86. The van der Waals surface area contributed by atoms with Crippen LogP contribution in [0.4, 0.5) is 0 Å². The predicted molar refractivity (Wildman–Crippen MR) is 132 cm³/mol. The molecule has 1 unspecified atom stereocenters. The molecule has 0 aliphatic heterocycles. The number of hydrogen-bond acceptors (Lipinski definition) is 5. The average molecular weight is 473 g/mol. The Morgan fingerprint density at radius 1 is 1.03 bits per heavy atom. The molecule has 34 heavy (non-hydrogen) atoms. The van der Waals surface area contributed by atoms with Gasteiger partial charge in [0.05, 0.1) is 16.6 Å². The van der Waals surface area contributed by atoms with Gasteiger partial charge in [0.2, 0.25) is 5.91 Å². The van der Waals surface area contributed by atoms with Crippen molar-refractivity contribution in [2.24, 2.45) is 0 Å². The topological polar surface area (TPSA) is 93.9 Å². The number of sulfone groups is 1. The molecule has 0 aliphatic rings. The monoisotopic (exact) mass is 472 g/mol. The summed E-state index contributed by atoms with van der Waals surface area (Å²) in [4.78, 5) is 17.0. The lowest BCUT2D eigenvalue weighted by molar-refractivity contribution is -0.117. The molecule has 0 fully saturated rings. The SMILES string of the molecule is CC(NC(=O)/C=C/c1cn(-c2ccccc2)nc1-c1cccnc1)c1ccc(S(C)(=O)=O)cc1. The number of carbonyl (C=O) groups is 1. The fourth-order valence-corrected chi connectivity index (χ4v) is 4.09. The van der Waals surface area contributed by atoms with Crippen molar-refractivity contribution in [2.45, 2.75) is 17.9 Å². The molecule has 0 spiro atoms. The van der Waals surface area contributed by atoms with E-state index in [4.69, 9.17) is 5.10 Å². The van der Waals surface area contributed by atoms with Crippen LogP contribution in [0.2, 0.25) is 0 Å². The highest BCUT2D eigenvalue weighted by Gasteiger charge is 2.13. The highest BCUT2D eigenvalue weighted by Crippen LogP contribution is 2.24. The lowest BCUT2D eigenvalue weighted by Crippen LogP contribution is -2.24. The zero-order valence-electron chi connectivity index (χ0n) is 18.8. The van der Waals surface area contributed by atoms with Gasteiger partial charge in [-0.15, -0.1) is 0 Å². The minimum absolute atomic E-state index is 0.244. The molecule has 4 aromatic rings. The molecule has 0 saturated carbocycles. The first kappa shape index (κ1) is 23.1. The summed E-state index contributed by atoms with van der Waals surface area (Å²) in [6, 6.07) is 19.7. The number of aromatic nitrogens is 3. The fourth-order valence-electron chi connectivity index (χ4n) is 3.46. The number of pyridine rings is 1. The maximum absolute atomic E-state index is 12.6. The molecule has 0 radical (unpaired) electrons. The predicted octanol–water partition coefficient (Wildman–Crippen LogP) is 4.23. The molecule has 0 bridgehead atoms. The summed E-state index contributed by atoms with van der Waals surface area (Å²) in [5.41, 5.74) is 4.05. The normalized spacial score (nSPS) is 12.5. The molecule has 2 aromatic carbocycles. The molecule has 0 saturated heterocycles. The van der Waals surface area contributed by atoms with Gasteiger partial charge < -0.3 is 5.32 Å². The van der Waals surface area contributed by atoms with Crippen LogP contribution >= 0.6 is 0 Å². The summed E-state index contributed by atoms with van der Waals surface area (Å²) in [5, 5.41) is 7.62. The van der Waals surface area contributed by atoms with Gasteiger partial charge in [-0.3, -0.25) is 9.78 Å². The first-order valence-electron chi connectivity index (χ1n) is 10.7. The zero-order valence-corrected chi connectivity index (χ0v) is 19.6. The van der Waals surface area contributed by atoms with Crippen LogP contribution in [0.5, 0.6) is 0 Å². The second-order valence-corrected chi connectivity index (χ2v) is 9.88. The van der Waals surface area contributed by atoms with E-state index in [-0.39, 0.29) is 16.8 Å². The Morgan fingerprint density at radius 2 is 1.76 bits per heavy atom. The van der Waals surface area contributed by atoms with Crippen molar-refractivity contribution in [3.8, 4) is 16.9 Å². The lowest BCUT2D eigenvalue weighted by atomic mass is 10.1. The molecule has 1 atom stereocenters. The first-order chi connectivity index (χ1) is 16.3. The largest absolute Gasteiger partial charge is 0.346 e. The summed E-state index contributed by atoms with van der Waals surface area (Å²) >= 11 is 0. The molecule has 7 nitrogen and oxygen atoms in total. The van der Waals surface area contributed by atoms with Crippen molar-refractivity contribution >= 4 is 21.8 Å². The smallest absolute Gasteiger partial charge is 0.244 e. The van der Waals surface area contributed by atoms with E-state index in [0.717, 1.165) is 28.6 Å². The van der Waals surface area contributed by atoms with Gasteiger partial charge in [-0.1, -0.05) is 30.3 Å². The Balaban J connectivity index is 1.54. The summed E-state index contributed by atoms with van der Waals surface area (Å²) in [6.45, 7) is 1.84. The number of carbonyl (C=O) groups excluding carboxylic acids is 1. The molecule has 4 rings (SSSR count). The van der Waals surface area contributed by atoms with E-state index in [0.29, 0.717) is 5.69 Å². The Morgan fingerprint density at radius 3 is 2.41 bits per heavy atom. The van der Waals surface area contributed by atoms with Crippen LogP contribution in [0.3, 0.4) is 0 Å². The Labute approximate surface area is 198 Å². The molecule has 8 heteroatoms. The van der Waals surface area contributed by atoms with E-state index in [2.05, 4.69) is 10.3 Å². The molecule has 0 aliphatic carbocycles. The molecule has 1 N–H and O–H groups in total. The van der Waals surface area contributed by atoms with Crippen LogP contribution in [0.1, 0.15) is 24.1 Å². The van der Waals surface area contributed by atoms with E-state index < -0.39 is 9.84 Å². The Kier molecular flexibility index (Phi) is 6.70. The van der Waals surface area contributed by atoms with Gasteiger partial charge in [-0.25, -0.2) is 13.1 Å². The molecule has 1 amide bonds. The van der Waals surface area contributed by atoms with E-state index in [9.17, 15) is 13.2 Å². The van der Waals surface area contributed by atoms with Crippen LogP contribution < -0.4 is 5.32 Å². The van der Waals surface area contributed by atoms with Gasteiger partial charge in [0.25, 0.3) is 0 Å². The van der Waals surface area contributed by atoms with Crippen molar-refractivity contribution in [1.82, 2.24) is 20.1 Å². The van der Waals surface area contributed by atoms with Gasteiger partial charge >= 0.3 is 0 Å². The Hall–Kier alpha value is -4.04. The first-order valence-corrected chi connectivity index (χ1v) is 12.5. The van der Waals surface area contributed by atoms with Crippen molar-refractivity contribution in [1.29, 1.82) is 0 Å². The number of hydrogen-bond donors (Lipinski definition) is 1. The highest BCUT2D eigenvalue weighted by atomic mass is 32.2. The standard InChI is InChI=1S/C26H24N4O3S/c1-19(20-10-13-24(14-11-20)34(2,32)33)28-25(31)15-12-22-18-30(23-8-4-3-5-9-23)29-26(22)21-7-6-16-27-17-21/h3-19H,1-2H3,(H,28,31)/b15-12+. The van der Waals surface area contributed by atoms with Gasteiger partial charge in [-0.05, 0) is 55.0 Å². The molecular formula is C26H24N4O3S. The third-order valence-electron chi connectivity index (χ3n) is 5.28. The third-order valence-corrected chi connectivity index (χ3v) is 6.41. The quantitative estimate of drug-likeness (QED) is 0.406. The minimum Gasteiger partial charge on any atom is -0.346 e. The molecule has 172 valence electrons. The summed E-state index contributed by atoms with van der Waals surface area (Å²) < 4.78 is 25.1. The molecule has 2 aromatic heterocycles. The number of amides is 1. The summed E-state index contributed by atoms with van der Waals surface area (Å²) in [5.74, 6) is -0.274. The van der Waals surface area contributed by atoms with Gasteiger partial charge in [0.1, 0.15) is 5.69 Å². The van der Waals surface area contributed by atoms with E-state index >= 15 is 0 Å². The van der Waals surface area contributed by atoms with E-state index in [1.807, 2.05) is 55.6 Å². The summed E-state index contributed by atoms with van der Waals surface area (Å²) in [7, 11) is -3.26. The van der Waals surface area contributed by atoms with Crippen LogP contribution in [-0.4, -0.2) is 35.3 Å². The van der Waals surface area contributed by atoms with Crippen molar-refractivity contribution in [2.75, 3.05) is 6.26 Å². The number of benzene rings is 2. The zero-order chi connectivity index (χ0) is 24.1. The second kappa shape index (κ2) is 9.84. The fraction of sp³-hybridized carbons (Fsp3) is 0.115. The van der Waals surface area contributed by atoms with Crippen molar-refractivity contribution in [3.63, 3.8) is 0 Å². The number of para-hydroxylation sites is 1. The van der Waals surface area contributed by atoms with Crippen LogP contribution in [0.15, 0.2) is 96.3 Å². The van der Waals surface area contributed by atoms with Crippen LogP contribution in [-0.2, 0) is 14.6 Å². The Bertz CT molecular complexity index is 1410. The van der Waals surface area contributed by atoms with Gasteiger partial charge in [0.15, 0.2) is 9.84 Å². The highest BCUT2D eigenvalue weighted by molar-refractivity contribution is 7.90. The number of nitrogens with zero attached hydrogens (tertiary/aromatic N) is 3. The van der Waals surface area contributed by atoms with Crippen LogP contribution in [0.25, 0.3) is 23.0 Å². The van der Waals surface area contributed by atoms with Crippen LogP contribution in [0, 0.1) is 0 Å². The number of nitrogens with one attached hydrogen (secondary N) is 1. The van der Waals surface area contributed by atoms with Gasteiger partial charge in [0, 0.05) is 42.0 Å². The maximum Gasteiger partial charge on any atom is 0.244 e. The number of rotatable bonds is 7.